The molecule has 0 spiro atoms. The van der Waals surface area contributed by atoms with Gasteiger partial charge in [0.1, 0.15) is 16.7 Å². The molecule has 1 heterocycles. The highest BCUT2D eigenvalue weighted by Gasteiger charge is 2.38. The van der Waals surface area contributed by atoms with Crippen LogP contribution in [-0.2, 0) is 10.0 Å². The lowest BCUT2D eigenvalue weighted by atomic mass is 10.0. The van der Waals surface area contributed by atoms with Gasteiger partial charge in [-0.3, -0.25) is 4.90 Å². The van der Waals surface area contributed by atoms with Crippen LogP contribution in [0.3, 0.4) is 0 Å². The van der Waals surface area contributed by atoms with Gasteiger partial charge in [-0.05, 0) is 45.6 Å². The topological polar surface area (TPSA) is 102 Å². The van der Waals surface area contributed by atoms with Gasteiger partial charge < -0.3 is 20.1 Å². The number of nitrogens with one attached hydrogen (secondary N) is 1. The first-order chi connectivity index (χ1) is 16.0. The summed E-state index contributed by atoms with van der Waals surface area (Å²) in [4.78, 5) is 15.9. The van der Waals surface area contributed by atoms with Crippen molar-refractivity contribution < 1.29 is 23.1 Å². The van der Waals surface area contributed by atoms with E-state index in [1.54, 1.807) is 31.0 Å². The zero-order valence-corrected chi connectivity index (χ0v) is 21.9. The van der Waals surface area contributed by atoms with E-state index in [1.165, 1.54) is 10.4 Å². The number of fused-ring (bicyclic) bond motifs is 1. The monoisotopic (exact) mass is 494 g/mol. The van der Waals surface area contributed by atoms with Crippen LogP contribution in [0.4, 0.5) is 4.79 Å². The van der Waals surface area contributed by atoms with Crippen LogP contribution in [0.5, 0.6) is 5.75 Å². The lowest BCUT2D eigenvalue weighted by molar-refractivity contribution is 0.0812. The van der Waals surface area contributed by atoms with Crippen molar-refractivity contribution in [1.29, 1.82) is 0 Å². The van der Waals surface area contributed by atoms with E-state index in [1.807, 2.05) is 32.8 Å². The van der Waals surface area contributed by atoms with E-state index in [2.05, 4.69) is 17.2 Å². The summed E-state index contributed by atoms with van der Waals surface area (Å²) in [5.74, 6) is 6.05. The molecule has 0 bridgehead atoms. The molecule has 0 saturated carbocycles. The third-order valence-electron chi connectivity index (χ3n) is 5.62. The number of urea groups is 1. The average molecular weight is 495 g/mol. The molecule has 1 aliphatic heterocycles. The minimum Gasteiger partial charge on any atom is -0.487 e. The highest BCUT2D eigenvalue weighted by atomic mass is 32.2. The van der Waals surface area contributed by atoms with Crippen LogP contribution in [-0.4, -0.2) is 99.7 Å². The first-order valence-electron chi connectivity index (χ1n) is 11.6. The molecule has 1 aromatic rings. The maximum atomic E-state index is 13.5. The zero-order chi connectivity index (χ0) is 25.5. The predicted octanol–water partition coefficient (Wildman–Crippen LogP) is 1.42. The van der Waals surface area contributed by atoms with Crippen LogP contribution in [0.2, 0.25) is 0 Å². The number of hydrogen-bond acceptors (Lipinski definition) is 6. The SMILES string of the molecule is CCCNC(=O)N(C)C[C@@H]1Oc2cc(C#CCN(C)C)ccc2S(=O)(=O)N([C@@H](C)CO)C[C@@H]1C. The van der Waals surface area contributed by atoms with E-state index in [4.69, 9.17) is 4.74 Å². The Labute approximate surface area is 204 Å². The van der Waals surface area contributed by atoms with Crippen molar-refractivity contribution in [3.8, 4) is 17.6 Å². The van der Waals surface area contributed by atoms with Crippen LogP contribution in [0.1, 0.15) is 32.8 Å². The molecule has 10 heteroatoms. The lowest BCUT2D eigenvalue weighted by Gasteiger charge is -2.37. The van der Waals surface area contributed by atoms with Gasteiger partial charge in [-0.15, -0.1) is 0 Å². The minimum atomic E-state index is -3.92. The fourth-order valence-corrected chi connectivity index (χ4v) is 5.37. The molecule has 1 aliphatic rings. The lowest BCUT2D eigenvalue weighted by Crippen LogP contribution is -2.51. The second kappa shape index (κ2) is 12.4. The van der Waals surface area contributed by atoms with Gasteiger partial charge in [0, 0.05) is 37.7 Å². The smallest absolute Gasteiger partial charge is 0.317 e. The van der Waals surface area contributed by atoms with E-state index in [0.717, 1.165) is 6.42 Å². The maximum Gasteiger partial charge on any atom is 0.317 e. The van der Waals surface area contributed by atoms with Crippen molar-refractivity contribution >= 4 is 16.1 Å². The number of aliphatic hydroxyl groups excluding tert-OH is 1. The maximum absolute atomic E-state index is 13.5. The average Bonchev–Trinajstić information content (AvgIpc) is 2.78. The summed E-state index contributed by atoms with van der Waals surface area (Å²) in [7, 11) is 1.61. The van der Waals surface area contributed by atoms with Crippen molar-refractivity contribution in [2.45, 2.75) is 44.2 Å². The number of aliphatic hydroxyl groups is 1. The first kappa shape index (κ1) is 27.9. The minimum absolute atomic E-state index is 0.0287. The second-order valence-electron chi connectivity index (χ2n) is 9.05. The molecule has 0 aromatic heterocycles. The molecule has 34 heavy (non-hydrogen) atoms. The molecule has 0 aliphatic carbocycles. The van der Waals surface area contributed by atoms with Crippen molar-refractivity contribution in [3.05, 3.63) is 23.8 Å². The Balaban J connectivity index is 2.48. The Morgan fingerprint density at radius 2 is 2.06 bits per heavy atom. The quantitative estimate of drug-likeness (QED) is 0.556. The highest BCUT2D eigenvalue weighted by molar-refractivity contribution is 7.89. The molecule has 190 valence electrons. The Morgan fingerprint density at radius 1 is 1.35 bits per heavy atom. The standard InChI is InChI=1S/C24H38N4O5S/c1-7-12-25-24(30)27(6)16-22-18(2)15-28(19(3)17-29)34(31,32)23-11-10-20(14-21(23)33-22)9-8-13-26(4)5/h10-11,14,18-19,22,29H,7,12-13,15-17H2,1-6H3,(H,25,30)/t18-,19-,22-/m0/s1. The summed E-state index contributed by atoms with van der Waals surface area (Å²) >= 11 is 0. The van der Waals surface area contributed by atoms with E-state index >= 15 is 0 Å². The van der Waals surface area contributed by atoms with E-state index in [0.29, 0.717) is 18.7 Å². The molecular weight excluding hydrogens is 456 g/mol. The molecule has 2 N–H and O–H groups in total. The normalized spacial score (nSPS) is 20.7. The number of rotatable bonds is 7. The summed E-state index contributed by atoms with van der Waals surface area (Å²) in [5.41, 5.74) is 0.638. The van der Waals surface area contributed by atoms with Crippen molar-refractivity contribution in [2.75, 3.05) is 53.9 Å². The van der Waals surface area contributed by atoms with Crippen LogP contribution in [0.25, 0.3) is 0 Å². The second-order valence-corrected chi connectivity index (χ2v) is 10.9. The third-order valence-corrected chi connectivity index (χ3v) is 7.64. The number of sulfonamides is 1. The summed E-state index contributed by atoms with van der Waals surface area (Å²) in [6.07, 6.45) is 0.359. The van der Waals surface area contributed by atoms with Gasteiger partial charge in [0.25, 0.3) is 0 Å². The summed E-state index contributed by atoms with van der Waals surface area (Å²) in [6.45, 7) is 6.80. The molecule has 1 aromatic carbocycles. The molecule has 9 nitrogen and oxygen atoms in total. The number of ether oxygens (including phenoxy) is 1. The van der Waals surface area contributed by atoms with Gasteiger partial charge in [0.2, 0.25) is 10.0 Å². The number of likely N-dealkylation sites (N-methyl/N-ethyl adjacent to an activating group) is 1. The molecule has 2 amide bonds. The molecule has 2 rings (SSSR count). The molecule has 0 unspecified atom stereocenters. The highest BCUT2D eigenvalue weighted by Crippen LogP contribution is 2.34. The van der Waals surface area contributed by atoms with Crippen molar-refractivity contribution in [1.82, 2.24) is 19.4 Å². The molecule has 0 saturated heterocycles. The zero-order valence-electron chi connectivity index (χ0n) is 21.0. The third kappa shape index (κ3) is 7.09. The van der Waals surface area contributed by atoms with E-state index in [-0.39, 0.29) is 42.3 Å². The van der Waals surface area contributed by atoms with Crippen LogP contribution >= 0.6 is 0 Å². The van der Waals surface area contributed by atoms with Crippen LogP contribution in [0.15, 0.2) is 23.1 Å². The van der Waals surface area contributed by atoms with E-state index < -0.39 is 22.2 Å². The molecule has 0 fully saturated rings. The molecule has 0 radical (unpaired) electrons. The number of nitrogens with zero attached hydrogens (tertiary/aromatic N) is 3. The first-order valence-corrected chi connectivity index (χ1v) is 13.0. The number of amides is 2. The van der Waals surface area contributed by atoms with Gasteiger partial charge in [-0.25, -0.2) is 13.2 Å². The summed E-state index contributed by atoms with van der Waals surface area (Å²) in [6, 6.07) is 3.99. The Bertz CT molecular complexity index is 1000. The fraction of sp³-hybridized carbons (Fsp3) is 0.625. The fourth-order valence-electron chi connectivity index (χ4n) is 3.54. The number of hydrogen-bond donors (Lipinski definition) is 2. The van der Waals surface area contributed by atoms with Gasteiger partial charge in [-0.2, -0.15) is 4.31 Å². The predicted molar refractivity (Wildman–Crippen MR) is 132 cm³/mol. The van der Waals surface area contributed by atoms with Crippen LogP contribution < -0.4 is 10.1 Å². The number of carbonyl (C=O) groups is 1. The van der Waals surface area contributed by atoms with E-state index in [9.17, 15) is 18.3 Å². The van der Waals surface area contributed by atoms with Gasteiger partial charge >= 0.3 is 6.03 Å². The van der Waals surface area contributed by atoms with Crippen molar-refractivity contribution in [3.63, 3.8) is 0 Å². The Kier molecular flexibility index (Phi) is 10.2. The van der Waals surface area contributed by atoms with Gasteiger partial charge in [0.05, 0.1) is 19.7 Å². The Hall–Kier alpha value is -2.32. The molecular formula is C24H38N4O5S. The summed E-state index contributed by atoms with van der Waals surface area (Å²) in [5, 5.41) is 12.6. The molecule has 3 atom stereocenters. The number of carbonyl (C=O) groups excluding carboxylic acids is 1. The Morgan fingerprint density at radius 3 is 2.68 bits per heavy atom. The van der Waals surface area contributed by atoms with Crippen molar-refractivity contribution in [2.24, 2.45) is 5.92 Å². The summed E-state index contributed by atoms with van der Waals surface area (Å²) < 4.78 is 34.6. The number of benzene rings is 1. The largest absolute Gasteiger partial charge is 0.487 e. The van der Waals surface area contributed by atoms with Gasteiger partial charge in [-0.1, -0.05) is 25.7 Å². The van der Waals surface area contributed by atoms with Gasteiger partial charge in [0.15, 0.2) is 0 Å². The van der Waals surface area contributed by atoms with Crippen LogP contribution in [0, 0.1) is 17.8 Å².